The average Bonchev–Trinajstić information content (AvgIpc) is 3.23. The lowest BCUT2D eigenvalue weighted by atomic mass is 10.1. The van der Waals surface area contributed by atoms with E-state index in [0.29, 0.717) is 21.3 Å². The van der Waals surface area contributed by atoms with Gasteiger partial charge in [-0.25, -0.2) is 4.98 Å². The molecule has 1 N–H and O–H groups in total. The number of carbonyl (C=O) groups is 1. The summed E-state index contributed by atoms with van der Waals surface area (Å²) in [4.78, 5) is 17.9. The van der Waals surface area contributed by atoms with Crippen LogP contribution in [-0.4, -0.2) is 10.9 Å². The Hall–Kier alpha value is -2.63. The first-order chi connectivity index (χ1) is 12.6. The number of amides is 1. The molecule has 4 nitrogen and oxygen atoms in total. The van der Waals surface area contributed by atoms with Crippen molar-refractivity contribution in [2.75, 3.05) is 5.32 Å². The summed E-state index contributed by atoms with van der Waals surface area (Å²) in [5, 5.41) is 4.71. The number of aryl methyl sites for hydroxylation is 1. The van der Waals surface area contributed by atoms with E-state index in [1.807, 2.05) is 0 Å². The van der Waals surface area contributed by atoms with Crippen LogP contribution in [0.5, 0.6) is 0 Å². The molecule has 4 aromatic rings. The molecule has 2 aromatic carbocycles. The topological polar surface area (TPSA) is 55.1 Å². The van der Waals surface area contributed by atoms with Gasteiger partial charge in [0.05, 0.1) is 5.56 Å². The fourth-order valence-corrected chi connectivity index (χ4v) is 3.70. The van der Waals surface area contributed by atoms with Crippen LogP contribution in [-0.2, 0) is 6.42 Å². The maximum atomic E-state index is 12.5. The highest BCUT2D eigenvalue weighted by molar-refractivity contribution is 7.15. The van der Waals surface area contributed by atoms with Gasteiger partial charge in [-0.3, -0.25) is 10.1 Å². The highest BCUT2D eigenvalue weighted by atomic mass is 35.5. The van der Waals surface area contributed by atoms with Crippen molar-refractivity contribution in [2.24, 2.45) is 0 Å². The molecular formula is C20H15ClN2O2S. The molecule has 0 saturated heterocycles. The Labute approximate surface area is 159 Å². The van der Waals surface area contributed by atoms with E-state index in [2.05, 4.69) is 41.5 Å². The molecule has 4 rings (SSSR count). The van der Waals surface area contributed by atoms with Crippen LogP contribution in [0.2, 0.25) is 5.02 Å². The summed E-state index contributed by atoms with van der Waals surface area (Å²) in [6.07, 6.45) is 4.03. The lowest BCUT2D eigenvalue weighted by Crippen LogP contribution is -2.10. The molecule has 0 aliphatic rings. The second kappa shape index (κ2) is 6.94. The molecule has 0 aliphatic carbocycles. The van der Waals surface area contributed by atoms with Crippen LogP contribution in [0.25, 0.3) is 11.0 Å². The number of furan rings is 1. The van der Waals surface area contributed by atoms with E-state index in [1.165, 1.54) is 28.7 Å². The largest absolute Gasteiger partial charge is 0.463 e. The number of fused-ring (bicyclic) bond motifs is 1. The number of benzene rings is 2. The molecule has 0 radical (unpaired) electrons. The zero-order valence-electron chi connectivity index (χ0n) is 14.0. The van der Waals surface area contributed by atoms with Crippen LogP contribution in [0, 0.1) is 6.92 Å². The molecule has 0 aliphatic heterocycles. The Balaban J connectivity index is 1.49. The third-order valence-corrected chi connectivity index (χ3v) is 5.20. The molecule has 2 heterocycles. The predicted octanol–water partition coefficient (Wildman–Crippen LogP) is 5.69. The van der Waals surface area contributed by atoms with Gasteiger partial charge < -0.3 is 4.42 Å². The van der Waals surface area contributed by atoms with Gasteiger partial charge in [-0.1, -0.05) is 41.4 Å². The SMILES string of the molecule is Cc1ccc(Cc2cnc(NC(=O)c3coc4cc(Cl)ccc34)s2)cc1. The van der Waals surface area contributed by atoms with Gasteiger partial charge in [0.1, 0.15) is 11.8 Å². The number of rotatable bonds is 4. The van der Waals surface area contributed by atoms with Crippen LogP contribution in [0.3, 0.4) is 0 Å². The Morgan fingerprint density at radius 3 is 2.85 bits per heavy atom. The quantitative estimate of drug-likeness (QED) is 0.493. The summed E-state index contributed by atoms with van der Waals surface area (Å²) < 4.78 is 5.42. The zero-order valence-corrected chi connectivity index (χ0v) is 15.5. The standard InChI is InChI=1S/C20H15ClN2O2S/c1-12-2-4-13(5-3-12)8-15-10-22-20(26-15)23-19(24)17-11-25-18-9-14(21)6-7-16(17)18/h2-7,9-11H,8H2,1H3,(H,22,23,24). The predicted molar refractivity (Wildman–Crippen MR) is 105 cm³/mol. The van der Waals surface area contributed by atoms with Crippen molar-refractivity contribution in [1.82, 2.24) is 4.98 Å². The average molecular weight is 383 g/mol. The van der Waals surface area contributed by atoms with E-state index in [0.717, 1.165) is 16.7 Å². The molecule has 26 heavy (non-hydrogen) atoms. The van der Waals surface area contributed by atoms with Gasteiger partial charge >= 0.3 is 0 Å². The van der Waals surface area contributed by atoms with Gasteiger partial charge in [-0.15, -0.1) is 11.3 Å². The molecule has 0 spiro atoms. The Morgan fingerprint density at radius 2 is 2.04 bits per heavy atom. The molecule has 1 amide bonds. The highest BCUT2D eigenvalue weighted by Crippen LogP contribution is 2.26. The van der Waals surface area contributed by atoms with E-state index in [1.54, 1.807) is 24.4 Å². The lowest BCUT2D eigenvalue weighted by Gasteiger charge is -2.00. The number of nitrogens with zero attached hydrogens (tertiary/aromatic N) is 1. The molecule has 2 aromatic heterocycles. The summed E-state index contributed by atoms with van der Waals surface area (Å²) in [6, 6.07) is 13.6. The number of carbonyl (C=O) groups excluding carboxylic acids is 1. The van der Waals surface area contributed by atoms with Gasteiger partial charge in [0.25, 0.3) is 5.91 Å². The highest BCUT2D eigenvalue weighted by Gasteiger charge is 2.15. The Bertz CT molecular complexity index is 1080. The third-order valence-electron chi connectivity index (χ3n) is 4.06. The number of thiazole rings is 1. The Morgan fingerprint density at radius 1 is 1.23 bits per heavy atom. The number of hydrogen-bond acceptors (Lipinski definition) is 4. The monoisotopic (exact) mass is 382 g/mol. The van der Waals surface area contributed by atoms with Crippen molar-refractivity contribution in [2.45, 2.75) is 13.3 Å². The Kier molecular flexibility index (Phi) is 4.49. The van der Waals surface area contributed by atoms with Gasteiger partial charge in [-0.2, -0.15) is 0 Å². The first-order valence-corrected chi connectivity index (χ1v) is 9.26. The molecule has 0 atom stereocenters. The lowest BCUT2D eigenvalue weighted by molar-refractivity contribution is 0.102. The minimum absolute atomic E-state index is 0.248. The minimum atomic E-state index is -0.248. The number of nitrogens with one attached hydrogen (secondary N) is 1. The maximum Gasteiger partial charge on any atom is 0.261 e. The van der Waals surface area contributed by atoms with Crippen molar-refractivity contribution >= 4 is 44.9 Å². The number of hydrogen-bond donors (Lipinski definition) is 1. The van der Waals surface area contributed by atoms with Crippen LogP contribution in [0.1, 0.15) is 26.4 Å². The van der Waals surface area contributed by atoms with E-state index >= 15 is 0 Å². The van der Waals surface area contributed by atoms with Crippen LogP contribution in [0.4, 0.5) is 5.13 Å². The van der Waals surface area contributed by atoms with Crippen LogP contribution < -0.4 is 5.32 Å². The minimum Gasteiger partial charge on any atom is -0.463 e. The normalized spacial score (nSPS) is 11.0. The third kappa shape index (κ3) is 3.49. The fourth-order valence-electron chi connectivity index (χ4n) is 2.70. The van der Waals surface area contributed by atoms with E-state index in [4.69, 9.17) is 16.0 Å². The van der Waals surface area contributed by atoms with Crippen LogP contribution >= 0.6 is 22.9 Å². The van der Waals surface area contributed by atoms with Gasteiger partial charge in [0, 0.05) is 34.0 Å². The molecule has 6 heteroatoms. The van der Waals surface area contributed by atoms with Crippen molar-refractivity contribution in [3.05, 3.63) is 81.5 Å². The van der Waals surface area contributed by atoms with Gasteiger partial charge in [-0.05, 0) is 24.6 Å². The van der Waals surface area contributed by atoms with E-state index < -0.39 is 0 Å². The number of anilines is 1. The first kappa shape index (κ1) is 16.8. The summed E-state index contributed by atoms with van der Waals surface area (Å²) in [6.45, 7) is 2.07. The summed E-state index contributed by atoms with van der Waals surface area (Å²) in [5.41, 5.74) is 3.50. The smallest absolute Gasteiger partial charge is 0.261 e. The van der Waals surface area contributed by atoms with Gasteiger partial charge in [0.15, 0.2) is 5.13 Å². The number of aromatic nitrogens is 1. The maximum absolute atomic E-state index is 12.5. The molecule has 0 saturated carbocycles. The van der Waals surface area contributed by atoms with Crippen molar-refractivity contribution in [1.29, 1.82) is 0 Å². The molecule has 0 fully saturated rings. The second-order valence-electron chi connectivity index (χ2n) is 6.04. The van der Waals surface area contributed by atoms with Crippen molar-refractivity contribution in [3.63, 3.8) is 0 Å². The number of halogens is 1. The second-order valence-corrected chi connectivity index (χ2v) is 7.59. The molecule has 130 valence electrons. The van der Waals surface area contributed by atoms with E-state index in [9.17, 15) is 4.79 Å². The molecule has 0 bridgehead atoms. The summed E-state index contributed by atoms with van der Waals surface area (Å²) >= 11 is 7.42. The zero-order chi connectivity index (χ0) is 18.1. The van der Waals surface area contributed by atoms with E-state index in [-0.39, 0.29) is 5.91 Å². The summed E-state index contributed by atoms with van der Waals surface area (Å²) in [7, 11) is 0. The van der Waals surface area contributed by atoms with Crippen LogP contribution in [0.15, 0.2) is 59.3 Å². The van der Waals surface area contributed by atoms with Crippen molar-refractivity contribution < 1.29 is 9.21 Å². The van der Waals surface area contributed by atoms with Crippen molar-refractivity contribution in [3.8, 4) is 0 Å². The van der Waals surface area contributed by atoms with Gasteiger partial charge in [0.2, 0.25) is 0 Å². The molecular weight excluding hydrogens is 368 g/mol. The molecule has 0 unspecified atom stereocenters. The first-order valence-electron chi connectivity index (χ1n) is 8.07. The fraction of sp³-hybridized carbons (Fsp3) is 0.100. The summed E-state index contributed by atoms with van der Waals surface area (Å²) in [5.74, 6) is -0.248.